The van der Waals surface area contributed by atoms with Gasteiger partial charge in [0.05, 0.1) is 12.8 Å². The highest BCUT2D eigenvalue weighted by Gasteiger charge is 2.34. The Bertz CT molecular complexity index is 1310. The number of nitrogens with one attached hydrogen (secondary N) is 1. The molecule has 1 unspecified atom stereocenters. The second-order valence-corrected chi connectivity index (χ2v) is 8.08. The molecule has 0 saturated heterocycles. The van der Waals surface area contributed by atoms with Crippen LogP contribution in [0.5, 0.6) is 5.75 Å². The fourth-order valence-corrected chi connectivity index (χ4v) is 4.33. The molecule has 1 N–H and O–H groups in total. The number of ether oxygens (including phenoxy) is 1. The zero-order chi connectivity index (χ0) is 21.0. The summed E-state index contributed by atoms with van der Waals surface area (Å²) in [5.41, 5.74) is 3.35. The molecule has 1 aliphatic heterocycles. The van der Waals surface area contributed by atoms with E-state index >= 15 is 0 Å². The molecule has 3 aromatic heterocycles. The molecule has 0 spiro atoms. The van der Waals surface area contributed by atoms with E-state index in [1.807, 2.05) is 44.2 Å². The van der Waals surface area contributed by atoms with E-state index in [0.717, 1.165) is 27.0 Å². The molecule has 1 amide bonds. The second-order valence-electron chi connectivity index (χ2n) is 7.16. The summed E-state index contributed by atoms with van der Waals surface area (Å²) < 4.78 is 9.82. The number of amides is 1. The summed E-state index contributed by atoms with van der Waals surface area (Å²) in [5.74, 6) is 2.32. The fraction of sp³-hybridized carbons (Fsp3) is 0.250. The van der Waals surface area contributed by atoms with E-state index in [1.54, 1.807) is 16.3 Å². The minimum atomic E-state index is -0.185. The van der Waals surface area contributed by atoms with E-state index in [2.05, 4.69) is 36.5 Å². The van der Waals surface area contributed by atoms with E-state index in [4.69, 9.17) is 9.84 Å². The van der Waals surface area contributed by atoms with Crippen molar-refractivity contribution in [1.29, 1.82) is 0 Å². The van der Waals surface area contributed by atoms with Crippen molar-refractivity contribution in [3.8, 4) is 11.6 Å². The Balaban J connectivity index is 1.70. The number of fused-ring (bicyclic) bond motifs is 2. The van der Waals surface area contributed by atoms with E-state index in [0.29, 0.717) is 29.5 Å². The summed E-state index contributed by atoms with van der Waals surface area (Å²) in [6.07, 6.45) is 0.309. The normalized spacial score (nSPS) is 15.9. The van der Waals surface area contributed by atoms with Crippen LogP contribution >= 0.6 is 15.9 Å². The topological polar surface area (TPSA) is 99.2 Å². The predicted molar refractivity (Wildman–Crippen MR) is 113 cm³/mol. The summed E-state index contributed by atoms with van der Waals surface area (Å²) in [6.45, 7) is 3.77. The lowest BCUT2D eigenvalue weighted by Crippen LogP contribution is -2.25. The predicted octanol–water partition coefficient (Wildman–Crippen LogP) is 3.17. The van der Waals surface area contributed by atoms with Gasteiger partial charge in [0, 0.05) is 27.9 Å². The van der Waals surface area contributed by atoms with Crippen molar-refractivity contribution in [3.05, 3.63) is 57.4 Å². The van der Waals surface area contributed by atoms with Crippen molar-refractivity contribution >= 4 is 33.3 Å². The third kappa shape index (κ3) is 2.86. The summed E-state index contributed by atoms with van der Waals surface area (Å²) in [5, 5.41) is 20.4. The number of hydrogen-bond donors (Lipinski definition) is 1. The summed E-state index contributed by atoms with van der Waals surface area (Å²) in [6, 6.07) is 9.45. The standard InChI is InChI=1S/C20H18BrN7O2/c1-10-19-14(13-8-12(21)4-5-15(13)30-3)9-18(29)22-20(19)28(25-10)17-7-6-16-24-23-11(2)27(16)26-17/h4-8,14H,9H2,1-3H3,(H,22,29). The van der Waals surface area contributed by atoms with Gasteiger partial charge in [0.2, 0.25) is 5.91 Å². The summed E-state index contributed by atoms with van der Waals surface area (Å²) in [4.78, 5) is 12.7. The van der Waals surface area contributed by atoms with Crippen molar-refractivity contribution in [3.63, 3.8) is 0 Å². The number of aryl methyl sites for hydroxylation is 2. The van der Waals surface area contributed by atoms with Crippen molar-refractivity contribution in [2.45, 2.75) is 26.2 Å². The van der Waals surface area contributed by atoms with Crippen LogP contribution in [-0.2, 0) is 4.79 Å². The van der Waals surface area contributed by atoms with Gasteiger partial charge in [0.25, 0.3) is 0 Å². The molecule has 152 valence electrons. The van der Waals surface area contributed by atoms with Crippen LogP contribution in [0.1, 0.15) is 35.0 Å². The quantitative estimate of drug-likeness (QED) is 0.496. The van der Waals surface area contributed by atoms with Gasteiger partial charge in [-0.3, -0.25) is 4.79 Å². The average molecular weight is 468 g/mol. The molecule has 1 atom stereocenters. The first-order valence-corrected chi connectivity index (χ1v) is 10.2. The number of benzene rings is 1. The SMILES string of the molecule is COc1ccc(Br)cc1C1CC(=O)Nc2c1c(C)nn2-c1ccc2nnc(C)n2n1. The van der Waals surface area contributed by atoms with Crippen molar-refractivity contribution in [2.24, 2.45) is 0 Å². The van der Waals surface area contributed by atoms with Crippen LogP contribution in [0.25, 0.3) is 11.5 Å². The molecule has 1 aliphatic rings. The zero-order valence-electron chi connectivity index (χ0n) is 16.5. The van der Waals surface area contributed by atoms with Crippen LogP contribution in [0, 0.1) is 13.8 Å². The number of methoxy groups -OCH3 is 1. The number of carbonyl (C=O) groups excluding carboxylic acids is 1. The Morgan fingerprint density at radius 2 is 2.00 bits per heavy atom. The molecule has 9 nitrogen and oxygen atoms in total. The van der Waals surface area contributed by atoms with Crippen LogP contribution in [0.3, 0.4) is 0 Å². The number of hydrogen-bond acceptors (Lipinski definition) is 6. The molecule has 0 radical (unpaired) electrons. The van der Waals surface area contributed by atoms with Gasteiger partial charge in [0.1, 0.15) is 11.6 Å². The lowest BCUT2D eigenvalue weighted by molar-refractivity contribution is -0.116. The van der Waals surface area contributed by atoms with Gasteiger partial charge in [-0.1, -0.05) is 15.9 Å². The first kappa shape index (κ1) is 18.7. The van der Waals surface area contributed by atoms with Gasteiger partial charge >= 0.3 is 0 Å². The highest BCUT2D eigenvalue weighted by Crippen LogP contribution is 2.43. The molecule has 4 aromatic rings. The Morgan fingerprint density at radius 1 is 1.17 bits per heavy atom. The molecule has 5 rings (SSSR count). The van der Waals surface area contributed by atoms with Crippen LogP contribution in [-0.4, -0.2) is 42.6 Å². The number of rotatable bonds is 3. The van der Waals surface area contributed by atoms with Crippen molar-refractivity contribution in [2.75, 3.05) is 12.4 Å². The van der Waals surface area contributed by atoms with Crippen LogP contribution < -0.4 is 10.1 Å². The van der Waals surface area contributed by atoms with Gasteiger partial charge in [-0.15, -0.1) is 15.3 Å². The second kappa shape index (κ2) is 6.91. The fourth-order valence-electron chi connectivity index (χ4n) is 3.96. The Morgan fingerprint density at radius 3 is 2.80 bits per heavy atom. The molecule has 4 heterocycles. The first-order valence-electron chi connectivity index (χ1n) is 9.38. The van der Waals surface area contributed by atoms with Crippen LogP contribution in [0.15, 0.2) is 34.8 Å². The Labute approximate surface area is 180 Å². The smallest absolute Gasteiger partial charge is 0.226 e. The minimum absolute atomic E-state index is 0.0859. The number of anilines is 1. The van der Waals surface area contributed by atoms with E-state index in [9.17, 15) is 4.79 Å². The first-order chi connectivity index (χ1) is 14.5. The maximum atomic E-state index is 12.7. The van der Waals surface area contributed by atoms with Gasteiger partial charge in [-0.25, -0.2) is 0 Å². The summed E-state index contributed by atoms with van der Waals surface area (Å²) >= 11 is 3.53. The highest BCUT2D eigenvalue weighted by atomic mass is 79.9. The zero-order valence-corrected chi connectivity index (χ0v) is 18.1. The summed E-state index contributed by atoms with van der Waals surface area (Å²) in [7, 11) is 1.63. The Hall–Kier alpha value is -3.27. The van der Waals surface area contributed by atoms with Crippen LogP contribution in [0.4, 0.5) is 5.82 Å². The lowest BCUT2D eigenvalue weighted by atomic mass is 9.85. The monoisotopic (exact) mass is 467 g/mol. The third-order valence-corrected chi connectivity index (χ3v) is 5.78. The third-order valence-electron chi connectivity index (χ3n) is 5.29. The lowest BCUT2D eigenvalue weighted by Gasteiger charge is -2.25. The number of nitrogens with zero attached hydrogens (tertiary/aromatic N) is 6. The molecule has 0 bridgehead atoms. The Kier molecular flexibility index (Phi) is 4.31. The number of halogens is 1. The van der Waals surface area contributed by atoms with Gasteiger partial charge in [-0.05, 0) is 44.2 Å². The molecule has 30 heavy (non-hydrogen) atoms. The number of aromatic nitrogens is 6. The molecule has 10 heteroatoms. The average Bonchev–Trinajstić information content (AvgIpc) is 3.27. The minimum Gasteiger partial charge on any atom is -0.496 e. The van der Waals surface area contributed by atoms with Gasteiger partial charge in [-0.2, -0.15) is 14.3 Å². The largest absolute Gasteiger partial charge is 0.496 e. The highest BCUT2D eigenvalue weighted by molar-refractivity contribution is 9.10. The molecule has 1 aromatic carbocycles. The van der Waals surface area contributed by atoms with Crippen molar-refractivity contribution in [1.82, 2.24) is 29.6 Å². The molecular formula is C20H18BrN7O2. The molecule has 0 aliphatic carbocycles. The van der Waals surface area contributed by atoms with Crippen molar-refractivity contribution < 1.29 is 9.53 Å². The maximum absolute atomic E-state index is 12.7. The molecule has 0 fully saturated rings. The van der Waals surface area contributed by atoms with E-state index in [-0.39, 0.29) is 11.8 Å². The molecule has 0 saturated carbocycles. The van der Waals surface area contributed by atoms with Gasteiger partial charge in [0.15, 0.2) is 17.3 Å². The maximum Gasteiger partial charge on any atom is 0.226 e. The van der Waals surface area contributed by atoms with Gasteiger partial charge < -0.3 is 10.1 Å². The van der Waals surface area contributed by atoms with Crippen LogP contribution in [0.2, 0.25) is 0 Å². The van der Waals surface area contributed by atoms with E-state index < -0.39 is 0 Å². The van der Waals surface area contributed by atoms with E-state index in [1.165, 1.54) is 0 Å². The number of carbonyl (C=O) groups is 1. The molecular weight excluding hydrogens is 450 g/mol.